The molecule has 0 N–H and O–H groups in total. The Morgan fingerprint density at radius 2 is 2.09 bits per heavy atom. The molecule has 0 aromatic carbocycles. The molecule has 2 atom stereocenters. The number of rotatable bonds is 5. The molecule has 1 heteroatoms. The summed E-state index contributed by atoms with van der Waals surface area (Å²) in [5.74, 6) is 3.36. The number of alkyl halides is 1. The van der Waals surface area contributed by atoms with E-state index in [1.807, 2.05) is 6.92 Å². The van der Waals surface area contributed by atoms with Crippen LogP contribution in [0.5, 0.6) is 0 Å². The highest BCUT2D eigenvalue weighted by molar-refractivity contribution is 6.20. The molecule has 0 saturated heterocycles. The molecule has 0 aromatic heterocycles. The van der Waals surface area contributed by atoms with Gasteiger partial charge in [0.2, 0.25) is 0 Å². The van der Waals surface area contributed by atoms with Gasteiger partial charge >= 0.3 is 0 Å². The molecule has 11 heavy (non-hydrogen) atoms. The first-order chi connectivity index (χ1) is 5.16. The molecule has 0 amide bonds. The van der Waals surface area contributed by atoms with Crippen molar-refractivity contribution in [3.8, 4) is 12.3 Å². The Balaban J connectivity index is 3.24. The molecular formula is C10H17Cl. The highest BCUT2D eigenvalue weighted by Crippen LogP contribution is 2.16. The van der Waals surface area contributed by atoms with Gasteiger partial charge in [0.25, 0.3) is 0 Å². The van der Waals surface area contributed by atoms with Gasteiger partial charge in [-0.2, -0.15) is 0 Å². The summed E-state index contributed by atoms with van der Waals surface area (Å²) in [5.41, 5.74) is 0. The fourth-order valence-electron chi connectivity index (χ4n) is 1.22. The van der Waals surface area contributed by atoms with Gasteiger partial charge in [0.05, 0.1) is 0 Å². The van der Waals surface area contributed by atoms with Gasteiger partial charge in [-0.15, -0.1) is 23.9 Å². The van der Waals surface area contributed by atoms with E-state index in [2.05, 4.69) is 12.8 Å². The van der Waals surface area contributed by atoms with Crippen molar-refractivity contribution in [2.45, 2.75) is 44.9 Å². The molecule has 0 nitrogen and oxygen atoms in total. The van der Waals surface area contributed by atoms with E-state index in [0.717, 1.165) is 25.2 Å². The van der Waals surface area contributed by atoms with E-state index < -0.39 is 0 Å². The first-order valence-corrected chi connectivity index (χ1v) is 4.68. The molecule has 0 aliphatic carbocycles. The maximum Gasteiger partial charge on any atom is 0.0310 e. The van der Waals surface area contributed by atoms with Crippen molar-refractivity contribution in [2.24, 2.45) is 5.92 Å². The van der Waals surface area contributed by atoms with Crippen molar-refractivity contribution in [3.63, 3.8) is 0 Å². The molecular weight excluding hydrogens is 156 g/mol. The van der Waals surface area contributed by atoms with Gasteiger partial charge < -0.3 is 0 Å². The highest BCUT2D eigenvalue weighted by Gasteiger charge is 2.04. The van der Waals surface area contributed by atoms with Crippen LogP contribution in [0.1, 0.15) is 39.5 Å². The molecule has 0 radical (unpaired) electrons. The highest BCUT2D eigenvalue weighted by atomic mass is 35.5. The summed E-state index contributed by atoms with van der Waals surface area (Å²) in [4.78, 5) is 0. The number of hydrogen-bond donors (Lipinski definition) is 0. The van der Waals surface area contributed by atoms with Crippen LogP contribution in [-0.4, -0.2) is 5.38 Å². The third kappa shape index (κ3) is 7.75. The zero-order chi connectivity index (χ0) is 8.69. The molecule has 0 heterocycles. The normalized spacial score (nSPS) is 15.5. The lowest BCUT2D eigenvalue weighted by atomic mass is 9.99. The largest absolute Gasteiger partial charge is 0.123 e. The lowest BCUT2D eigenvalue weighted by Crippen LogP contribution is -2.01. The molecule has 64 valence electrons. The number of hydrogen-bond acceptors (Lipinski definition) is 0. The Labute approximate surface area is 75.3 Å². The standard InChI is InChI=1S/C10H17Cl/c1-4-5-6-7-9(2)8-10(3)11/h1,9-10H,5-8H2,2-3H3. The van der Waals surface area contributed by atoms with Crippen LogP contribution in [0.15, 0.2) is 0 Å². The first-order valence-electron chi connectivity index (χ1n) is 4.24. The topological polar surface area (TPSA) is 0 Å². The van der Waals surface area contributed by atoms with Gasteiger partial charge in [-0.3, -0.25) is 0 Å². The number of terminal acetylenes is 1. The first kappa shape index (κ1) is 10.8. The zero-order valence-electron chi connectivity index (χ0n) is 7.44. The minimum Gasteiger partial charge on any atom is -0.123 e. The van der Waals surface area contributed by atoms with Gasteiger partial charge in [0.15, 0.2) is 0 Å². The minimum absolute atomic E-state index is 0.302. The summed E-state index contributed by atoms with van der Waals surface area (Å²) in [6, 6.07) is 0. The summed E-state index contributed by atoms with van der Waals surface area (Å²) in [5, 5.41) is 0.302. The summed E-state index contributed by atoms with van der Waals surface area (Å²) in [6.07, 6.45) is 9.50. The number of unbranched alkanes of at least 4 members (excludes halogenated alkanes) is 1. The van der Waals surface area contributed by atoms with E-state index in [-0.39, 0.29) is 0 Å². The van der Waals surface area contributed by atoms with Crippen molar-refractivity contribution in [1.29, 1.82) is 0 Å². The zero-order valence-corrected chi connectivity index (χ0v) is 8.19. The van der Waals surface area contributed by atoms with Crippen LogP contribution in [-0.2, 0) is 0 Å². The Bertz CT molecular complexity index is 121. The van der Waals surface area contributed by atoms with Crippen LogP contribution >= 0.6 is 11.6 Å². The SMILES string of the molecule is C#CCCCC(C)CC(C)Cl. The van der Waals surface area contributed by atoms with E-state index in [0.29, 0.717) is 5.38 Å². The summed E-state index contributed by atoms with van der Waals surface area (Å²) >= 11 is 5.85. The van der Waals surface area contributed by atoms with Crippen LogP contribution in [0.3, 0.4) is 0 Å². The van der Waals surface area contributed by atoms with Gasteiger partial charge in [0, 0.05) is 11.8 Å². The lowest BCUT2D eigenvalue weighted by Gasteiger charge is -2.10. The van der Waals surface area contributed by atoms with E-state index in [9.17, 15) is 0 Å². The summed E-state index contributed by atoms with van der Waals surface area (Å²) in [7, 11) is 0. The van der Waals surface area contributed by atoms with Crippen molar-refractivity contribution in [3.05, 3.63) is 0 Å². The van der Waals surface area contributed by atoms with E-state index >= 15 is 0 Å². The summed E-state index contributed by atoms with van der Waals surface area (Å²) < 4.78 is 0. The lowest BCUT2D eigenvalue weighted by molar-refractivity contribution is 0.476. The molecule has 0 fully saturated rings. The molecule has 0 spiro atoms. The van der Waals surface area contributed by atoms with E-state index in [1.54, 1.807) is 0 Å². The molecule has 0 aromatic rings. The predicted molar refractivity (Wildman–Crippen MR) is 51.8 cm³/mol. The van der Waals surface area contributed by atoms with Crippen molar-refractivity contribution in [2.75, 3.05) is 0 Å². The van der Waals surface area contributed by atoms with Crippen molar-refractivity contribution in [1.82, 2.24) is 0 Å². The molecule has 0 saturated carbocycles. The molecule has 0 aliphatic rings. The average molecular weight is 173 g/mol. The van der Waals surface area contributed by atoms with Crippen LogP contribution in [0, 0.1) is 18.3 Å². The van der Waals surface area contributed by atoms with E-state index in [1.165, 1.54) is 6.42 Å². The van der Waals surface area contributed by atoms with Gasteiger partial charge in [-0.1, -0.05) is 6.92 Å². The van der Waals surface area contributed by atoms with Gasteiger partial charge in [-0.05, 0) is 32.1 Å². The van der Waals surface area contributed by atoms with Crippen molar-refractivity contribution < 1.29 is 0 Å². The van der Waals surface area contributed by atoms with Crippen LogP contribution in [0.2, 0.25) is 0 Å². The maximum absolute atomic E-state index is 5.85. The maximum atomic E-state index is 5.85. The molecule has 0 aliphatic heterocycles. The third-order valence-electron chi connectivity index (χ3n) is 1.75. The van der Waals surface area contributed by atoms with Crippen LogP contribution < -0.4 is 0 Å². The molecule has 2 unspecified atom stereocenters. The van der Waals surface area contributed by atoms with Crippen LogP contribution in [0.4, 0.5) is 0 Å². The number of halogens is 1. The van der Waals surface area contributed by atoms with Gasteiger partial charge in [0.1, 0.15) is 0 Å². The predicted octanol–water partition coefficient (Wildman–Crippen LogP) is 3.44. The fraction of sp³-hybridized carbons (Fsp3) is 0.800. The monoisotopic (exact) mass is 172 g/mol. The average Bonchev–Trinajstić information content (AvgIpc) is 1.86. The summed E-state index contributed by atoms with van der Waals surface area (Å²) in [6.45, 7) is 4.27. The van der Waals surface area contributed by atoms with Crippen molar-refractivity contribution >= 4 is 11.6 Å². The quantitative estimate of drug-likeness (QED) is 0.339. The Morgan fingerprint density at radius 1 is 1.45 bits per heavy atom. The van der Waals surface area contributed by atoms with Crippen LogP contribution in [0.25, 0.3) is 0 Å². The third-order valence-corrected chi connectivity index (χ3v) is 1.92. The Hall–Kier alpha value is -0.150. The second-order valence-corrected chi connectivity index (χ2v) is 3.96. The minimum atomic E-state index is 0.302. The van der Waals surface area contributed by atoms with Gasteiger partial charge in [-0.25, -0.2) is 0 Å². The molecule has 0 rings (SSSR count). The molecule has 0 bridgehead atoms. The second-order valence-electron chi connectivity index (χ2n) is 3.22. The fourth-order valence-corrected chi connectivity index (χ4v) is 1.53. The second kappa shape index (κ2) is 6.55. The van der Waals surface area contributed by atoms with E-state index in [4.69, 9.17) is 18.0 Å². The Morgan fingerprint density at radius 3 is 2.55 bits per heavy atom. The smallest absolute Gasteiger partial charge is 0.0310 e. The Kier molecular flexibility index (Phi) is 6.46.